The lowest BCUT2D eigenvalue weighted by Crippen LogP contribution is -2.30. The maximum absolute atomic E-state index is 13.0. The highest BCUT2D eigenvalue weighted by molar-refractivity contribution is 6.33. The standard InChI is InChI=1S/C17H14ClFN2O5/c1-9-12(4-3-5-15(9)21(24)25)17(23)26-10(2)16(22)20-14-7-6-11(19)8-13(14)18/h3-8,10H,1-2H3,(H,20,22)/t10-/m0/s1. The molecule has 9 heteroatoms. The number of hydrogen-bond donors (Lipinski definition) is 1. The molecule has 0 saturated carbocycles. The van der Waals surface area contributed by atoms with E-state index in [1.807, 2.05) is 0 Å². The van der Waals surface area contributed by atoms with Gasteiger partial charge in [-0.3, -0.25) is 14.9 Å². The second kappa shape index (κ2) is 7.92. The van der Waals surface area contributed by atoms with Crippen molar-refractivity contribution in [1.29, 1.82) is 0 Å². The summed E-state index contributed by atoms with van der Waals surface area (Å²) in [6.07, 6.45) is -1.21. The van der Waals surface area contributed by atoms with E-state index in [1.54, 1.807) is 0 Å². The van der Waals surface area contributed by atoms with Crippen LogP contribution in [-0.2, 0) is 9.53 Å². The number of carbonyl (C=O) groups excluding carboxylic acids is 2. The van der Waals surface area contributed by atoms with Crippen LogP contribution < -0.4 is 5.32 Å². The van der Waals surface area contributed by atoms with Gasteiger partial charge in [-0.25, -0.2) is 9.18 Å². The molecule has 136 valence electrons. The van der Waals surface area contributed by atoms with Crippen LogP contribution in [0.3, 0.4) is 0 Å². The number of esters is 1. The van der Waals surface area contributed by atoms with Crippen LogP contribution in [0.1, 0.15) is 22.8 Å². The van der Waals surface area contributed by atoms with Gasteiger partial charge in [0.05, 0.1) is 21.2 Å². The summed E-state index contributed by atoms with van der Waals surface area (Å²) in [4.78, 5) is 34.7. The SMILES string of the molecule is Cc1c(C(=O)O[C@@H](C)C(=O)Nc2ccc(F)cc2Cl)cccc1[N+](=O)[O-]. The van der Waals surface area contributed by atoms with Crippen LogP contribution in [0.5, 0.6) is 0 Å². The Hall–Kier alpha value is -3.00. The third-order valence-electron chi connectivity index (χ3n) is 3.56. The van der Waals surface area contributed by atoms with Crippen LogP contribution >= 0.6 is 11.6 Å². The third kappa shape index (κ3) is 4.34. The fourth-order valence-corrected chi connectivity index (χ4v) is 2.36. The van der Waals surface area contributed by atoms with Gasteiger partial charge >= 0.3 is 5.97 Å². The molecule has 0 heterocycles. The molecule has 7 nitrogen and oxygen atoms in total. The predicted molar refractivity (Wildman–Crippen MR) is 92.8 cm³/mol. The molecule has 2 aromatic carbocycles. The molecule has 0 spiro atoms. The molecule has 2 aromatic rings. The maximum Gasteiger partial charge on any atom is 0.339 e. The molecule has 1 atom stereocenters. The number of nitro groups is 1. The van der Waals surface area contributed by atoms with Crippen molar-refractivity contribution < 1.29 is 23.6 Å². The van der Waals surface area contributed by atoms with Crippen molar-refractivity contribution in [3.8, 4) is 0 Å². The predicted octanol–water partition coefficient (Wildman–Crippen LogP) is 3.88. The Balaban J connectivity index is 2.10. The first kappa shape index (κ1) is 19.3. The van der Waals surface area contributed by atoms with Gasteiger partial charge in [0.25, 0.3) is 11.6 Å². The number of halogens is 2. The first-order chi connectivity index (χ1) is 12.2. The number of anilines is 1. The average Bonchev–Trinajstić information content (AvgIpc) is 2.57. The largest absolute Gasteiger partial charge is 0.449 e. The molecule has 0 saturated heterocycles. The van der Waals surface area contributed by atoms with E-state index >= 15 is 0 Å². The van der Waals surface area contributed by atoms with Crippen molar-refractivity contribution in [2.24, 2.45) is 0 Å². The summed E-state index contributed by atoms with van der Waals surface area (Å²) in [5, 5.41) is 13.3. The molecular formula is C17H14ClFN2O5. The maximum atomic E-state index is 13.0. The van der Waals surface area contributed by atoms with Crippen molar-refractivity contribution >= 4 is 34.9 Å². The fourth-order valence-electron chi connectivity index (χ4n) is 2.15. The number of nitro benzene ring substituents is 1. The van der Waals surface area contributed by atoms with E-state index in [2.05, 4.69) is 5.32 Å². The van der Waals surface area contributed by atoms with Crippen molar-refractivity contribution in [3.05, 3.63) is 68.5 Å². The Morgan fingerprint density at radius 3 is 2.62 bits per heavy atom. The molecule has 2 rings (SSSR count). The zero-order valence-corrected chi connectivity index (χ0v) is 14.5. The fraction of sp³-hybridized carbons (Fsp3) is 0.176. The Labute approximate surface area is 152 Å². The second-order valence-electron chi connectivity index (χ2n) is 5.37. The number of benzene rings is 2. The number of carbonyl (C=O) groups is 2. The molecule has 0 bridgehead atoms. The zero-order chi connectivity index (χ0) is 19.4. The van der Waals surface area contributed by atoms with Crippen molar-refractivity contribution in [2.45, 2.75) is 20.0 Å². The van der Waals surface area contributed by atoms with Crippen LogP contribution in [0.2, 0.25) is 5.02 Å². The van der Waals surface area contributed by atoms with Crippen molar-refractivity contribution in [3.63, 3.8) is 0 Å². The first-order valence-corrected chi connectivity index (χ1v) is 7.79. The van der Waals surface area contributed by atoms with E-state index in [4.69, 9.17) is 16.3 Å². The van der Waals surface area contributed by atoms with E-state index in [-0.39, 0.29) is 27.5 Å². The molecule has 0 aliphatic carbocycles. The quantitative estimate of drug-likeness (QED) is 0.482. The molecule has 1 N–H and O–H groups in total. The highest BCUT2D eigenvalue weighted by atomic mass is 35.5. The van der Waals surface area contributed by atoms with E-state index in [0.29, 0.717) is 0 Å². The molecule has 0 radical (unpaired) electrons. The van der Waals surface area contributed by atoms with E-state index in [0.717, 1.165) is 12.1 Å². The minimum absolute atomic E-state index is 0.00796. The number of nitrogens with zero attached hydrogens (tertiary/aromatic N) is 1. The summed E-state index contributed by atoms with van der Waals surface area (Å²) < 4.78 is 18.1. The van der Waals surface area contributed by atoms with Gasteiger partial charge in [0.2, 0.25) is 0 Å². The minimum atomic E-state index is -1.21. The summed E-state index contributed by atoms with van der Waals surface area (Å²) in [5.74, 6) is -2.12. The molecule has 0 aromatic heterocycles. The highest BCUT2D eigenvalue weighted by Crippen LogP contribution is 2.24. The number of nitrogens with one attached hydrogen (secondary N) is 1. The van der Waals surface area contributed by atoms with Gasteiger partial charge in [0.1, 0.15) is 5.82 Å². The lowest BCUT2D eigenvalue weighted by molar-refractivity contribution is -0.385. The van der Waals surface area contributed by atoms with E-state index in [9.17, 15) is 24.1 Å². The smallest absolute Gasteiger partial charge is 0.339 e. The Morgan fingerprint density at radius 2 is 2.00 bits per heavy atom. The van der Waals surface area contributed by atoms with Gasteiger partial charge in [0.15, 0.2) is 6.10 Å². The molecular weight excluding hydrogens is 367 g/mol. The van der Waals surface area contributed by atoms with Crippen LogP contribution in [0, 0.1) is 22.9 Å². The van der Waals surface area contributed by atoms with Crippen LogP contribution in [-0.4, -0.2) is 22.9 Å². The number of amides is 1. The normalized spacial score (nSPS) is 11.5. The summed E-state index contributed by atoms with van der Waals surface area (Å²) in [6, 6.07) is 7.40. The van der Waals surface area contributed by atoms with Crippen molar-refractivity contribution in [1.82, 2.24) is 0 Å². The minimum Gasteiger partial charge on any atom is -0.449 e. The summed E-state index contributed by atoms with van der Waals surface area (Å²) in [5.41, 5.74) is 0.0532. The monoisotopic (exact) mass is 380 g/mol. The van der Waals surface area contributed by atoms with Gasteiger partial charge in [0, 0.05) is 11.6 Å². The second-order valence-corrected chi connectivity index (χ2v) is 5.77. The molecule has 0 aliphatic rings. The van der Waals surface area contributed by atoms with Gasteiger partial charge < -0.3 is 10.1 Å². The zero-order valence-electron chi connectivity index (χ0n) is 13.8. The van der Waals surface area contributed by atoms with Crippen LogP contribution in [0.25, 0.3) is 0 Å². The van der Waals surface area contributed by atoms with Gasteiger partial charge in [-0.1, -0.05) is 17.7 Å². The van der Waals surface area contributed by atoms with Gasteiger partial charge in [-0.2, -0.15) is 0 Å². The third-order valence-corrected chi connectivity index (χ3v) is 3.88. The van der Waals surface area contributed by atoms with Crippen LogP contribution in [0.15, 0.2) is 36.4 Å². The average molecular weight is 381 g/mol. The summed E-state index contributed by atoms with van der Waals surface area (Å²) in [7, 11) is 0. The number of rotatable bonds is 5. The number of hydrogen-bond acceptors (Lipinski definition) is 5. The first-order valence-electron chi connectivity index (χ1n) is 7.41. The Kier molecular flexibility index (Phi) is 5.89. The summed E-state index contributed by atoms with van der Waals surface area (Å²) >= 11 is 5.82. The van der Waals surface area contributed by atoms with E-state index in [1.165, 1.54) is 38.1 Å². The van der Waals surface area contributed by atoms with Gasteiger partial charge in [-0.15, -0.1) is 0 Å². The van der Waals surface area contributed by atoms with Crippen LogP contribution in [0.4, 0.5) is 15.8 Å². The lowest BCUT2D eigenvalue weighted by Gasteiger charge is -2.15. The topological polar surface area (TPSA) is 98.5 Å². The molecule has 0 fully saturated rings. The Bertz CT molecular complexity index is 887. The molecule has 1 amide bonds. The van der Waals surface area contributed by atoms with E-state index < -0.39 is 28.7 Å². The summed E-state index contributed by atoms with van der Waals surface area (Å²) in [6.45, 7) is 2.75. The van der Waals surface area contributed by atoms with Gasteiger partial charge in [-0.05, 0) is 38.1 Å². The molecule has 0 aliphatic heterocycles. The lowest BCUT2D eigenvalue weighted by atomic mass is 10.1. The van der Waals surface area contributed by atoms with Crippen molar-refractivity contribution in [2.75, 3.05) is 5.32 Å². The highest BCUT2D eigenvalue weighted by Gasteiger charge is 2.23. The molecule has 26 heavy (non-hydrogen) atoms. The molecule has 0 unspecified atom stereocenters. The number of ether oxygens (including phenoxy) is 1. The Morgan fingerprint density at radius 1 is 1.31 bits per heavy atom.